The van der Waals surface area contributed by atoms with Crippen LogP contribution < -0.4 is 10.0 Å². The van der Waals surface area contributed by atoms with Crippen molar-refractivity contribution < 1.29 is 8.42 Å². The van der Waals surface area contributed by atoms with Gasteiger partial charge >= 0.3 is 0 Å². The van der Waals surface area contributed by atoms with Gasteiger partial charge in [0, 0.05) is 18.8 Å². The first kappa shape index (κ1) is 13.7. The van der Waals surface area contributed by atoms with Crippen molar-refractivity contribution >= 4 is 27.5 Å². The highest BCUT2D eigenvalue weighted by Gasteiger charge is 2.17. The van der Waals surface area contributed by atoms with Crippen molar-refractivity contribution in [2.24, 2.45) is 0 Å². The smallest absolute Gasteiger partial charge is 0.240 e. The number of rotatable bonds is 6. The van der Waals surface area contributed by atoms with E-state index in [0.29, 0.717) is 11.4 Å². The summed E-state index contributed by atoms with van der Waals surface area (Å²) in [4.78, 5) is 0.370. The summed E-state index contributed by atoms with van der Waals surface area (Å²) in [5.74, 6) is 0.969. The molecule has 0 amide bonds. The molecule has 0 aromatic heterocycles. The lowest BCUT2D eigenvalue weighted by molar-refractivity contribution is 0.581. The number of hydrogen-bond acceptors (Lipinski definition) is 4. The Labute approximate surface area is 113 Å². The van der Waals surface area contributed by atoms with Gasteiger partial charge in [-0.15, -0.1) is 0 Å². The predicted molar refractivity (Wildman–Crippen MR) is 76.8 cm³/mol. The molecule has 1 heterocycles. The number of fused-ring (bicyclic) bond motifs is 1. The molecule has 1 aromatic rings. The number of anilines is 1. The molecule has 0 radical (unpaired) electrons. The lowest BCUT2D eigenvalue weighted by Crippen LogP contribution is -2.25. The third-order valence-electron chi connectivity index (χ3n) is 2.91. The fraction of sp³-hybridized carbons (Fsp3) is 0.500. The Kier molecular flexibility index (Phi) is 4.53. The molecular formula is C12H18N2O2S2. The van der Waals surface area contributed by atoms with Gasteiger partial charge in [-0.3, -0.25) is 0 Å². The van der Waals surface area contributed by atoms with E-state index in [1.165, 1.54) is 0 Å². The Hall–Kier alpha value is -0.720. The van der Waals surface area contributed by atoms with E-state index in [0.717, 1.165) is 36.4 Å². The number of sulfonamides is 1. The van der Waals surface area contributed by atoms with Crippen LogP contribution in [0.15, 0.2) is 23.1 Å². The zero-order valence-electron chi connectivity index (χ0n) is 10.4. The SMILES string of the molecule is CSCCCNS(=O)(=O)c1ccc2c(c1)CCN2. The second-order valence-corrected chi connectivity index (χ2v) is 6.99. The summed E-state index contributed by atoms with van der Waals surface area (Å²) in [5, 5.41) is 3.22. The fourth-order valence-corrected chi connectivity index (χ4v) is 3.51. The van der Waals surface area contributed by atoms with E-state index in [1.54, 1.807) is 23.9 Å². The van der Waals surface area contributed by atoms with Gasteiger partial charge in [-0.25, -0.2) is 13.1 Å². The van der Waals surface area contributed by atoms with Gasteiger partial charge in [0.15, 0.2) is 0 Å². The average molecular weight is 286 g/mol. The van der Waals surface area contributed by atoms with Gasteiger partial charge in [0.25, 0.3) is 0 Å². The summed E-state index contributed by atoms with van der Waals surface area (Å²) in [6, 6.07) is 5.28. The molecule has 1 aliphatic heterocycles. The van der Waals surface area contributed by atoms with Gasteiger partial charge in [-0.05, 0) is 48.6 Å². The lowest BCUT2D eigenvalue weighted by Gasteiger charge is -2.08. The van der Waals surface area contributed by atoms with Crippen molar-refractivity contribution in [3.63, 3.8) is 0 Å². The maximum atomic E-state index is 12.1. The number of thioether (sulfide) groups is 1. The first-order valence-electron chi connectivity index (χ1n) is 5.99. The third-order valence-corrected chi connectivity index (χ3v) is 5.07. The highest BCUT2D eigenvalue weighted by molar-refractivity contribution is 7.98. The quantitative estimate of drug-likeness (QED) is 0.781. The van der Waals surface area contributed by atoms with E-state index in [-0.39, 0.29) is 0 Å². The molecule has 100 valence electrons. The molecule has 0 fully saturated rings. The predicted octanol–water partition coefficient (Wildman–Crippen LogP) is 1.69. The van der Waals surface area contributed by atoms with Crippen LogP contribution in [-0.2, 0) is 16.4 Å². The molecule has 6 heteroatoms. The molecule has 1 aromatic carbocycles. The summed E-state index contributed by atoms with van der Waals surface area (Å²) >= 11 is 1.72. The summed E-state index contributed by atoms with van der Waals surface area (Å²) in [6.45, 7) is 1.39. The molecule has 18 heavy (non-hydrogen) atoms. The van der Waals surface area contributed by atoms with Crippen molar-refractivity contribution in [3.8, 4) is 0 Å². The minimum atomic E-state index is -3.35. The zero-order valence-corrected chi connectivity index (χ0v) is 12.0. The van der Waals surface area contributed by atoms with E-state index in [4.69, 9.17) is 0 Å². The monoisotopic (exact) mass is 286 g/mol. The van der Waals surface area contributed by atoms with E-state index in [1.807, 2.05) is 12.3 Å². The Morgan fingerprint density at radius 2 is 2.28 bits per heavy atom. The van der Waals surface area contributed by atoms with Crippen molar-refractivity contribution in [1.82, 2.24) is 4.72 Å². The standard InChI is InChI=1S/C12H18N2O2S2/c1-17-8-2-6-14-18(15,16)11-3-4-12-10(9-11)5-7-13-12/h3-4,9,13-14H,2,5-8H2,1H3. The topological polar surface area (TPSA) is 58.2 Å². The highest BCUT2D eigenvalue weighted by Crippen LogP contribution is 2.24. The maximum Gasteiger partial charge on any atom is 0.240 e. The van der Waals surface area contributed by atoms with Gasteiger partial charge in [0.05, 0.1) is 4.90 Å². The summed E-state index contributed by atoms with van der Waals surface area (Å²) < 4.78 is 26.8. The first-order chi connectivity index (χ1) is 8.63. The Morgan fingerprint density at radius 1 is 1.44 bits per heavy atom. The fourth-order valence-electron chi connectivity index (χ4n) is 1.95. The van der Waals surface area contributed by atoms with Gasteiger partial charge in [0.1, 0.15) is 0 Å². The van der Waals surface area contributed by atoms with Gasteiger partial charge < -0.3 is 5.32 Å². The van der Waals surface area contributed by atoms with E-state index in [9.17, 15) is 8.42 Å². The molecule has 1 aliphatic rings. The van der Waals surface area contributed by atoms with E-state index in [2.05, 4.69) is 10.0 Å². The van der Waals surface area contributed by atoms with Crippen LogP contribution in [0.5, 0.6) is 0 Å². The van der Waals surface area contributed by atoms with Crippen LogP contribution in [0.4, 0.5) is 5.69 Å². The van der Waals surface area contributed by atoms with Crippen molar-refractivity contribution in [2.45, 2.75) is 17.7 Å². The van der Waals surface area contributed by atoms with Gasteiger partial charge in [-0.1, -0.05) is 0 Å². The third kappa shape index (κ3) is 3.18. The van der Waals surface area contributed by atoms with Crippen LogP contribution in [0.3, 0.4) is 0 Å². The van der Waals surface area contributed by atoms with Crippen molar-refractivity contribution in [3.05, 3.63) is 23.8 Å². The van der Waals surface area contributed by atoms with Crippen LogP contribution in [0.25, 0.3) is 0 Å². The molecule has 0 saturated carbocycles. The molecule has 0 aliphatic carbocycles. The van der Waals surface area contributed by atoms with Crippen molar-refractivity contribution in [1.29, 1.82) is 0 Å². The Morgan fingerprint density at radius 3 is 3.06 bits per heavy atom. The minimum Gasteiger partial charge on any atom is -0.384 e. The Bertz CT molecular complexity index is 515. The molecule has 2 N–H and O–H groups in total. The Balaban J connectivity index is 2.05. The number of hydrogen-bond donors (Lipinski definition) is 2. The lowest BCUT2D eigenvalue weighted by atomic mass is 10.2. The van der Waals surface area contributed by atoms with Crippen LogP contribution in [0.2, 0.25) is 0 Å². The average Bonchev–Trinajstić information content (AvgIpc) is 2.82. The molecule has 0 saturated heterocycles. The van der Waals surface area contributed by atoms with Crippen LogP contribution in [0.1, 0.15) is 12.0 Å². The summed E-state index contributed by atoms with van der Waals surface area (Å²) in [5.41, 5.74) is 2.14. The number of nitrogens with one attached hydrogen (secondary N) is 2. The van der Waals surface area contributed by atoms with Gasteiger partial charge in [0.2, 0.25) is 10.0 Å². The summed E-state index contributed by atoms with van der Waals surface area (Å²) in [7, 11) is -3.35. The van der Waals surface area contributed by atoms with Crippen LogP contribution >= 0.6 is 11.8 Å². The molecule has 2 rings (SSSR count). The molecule has 0 unspecified atom stereocenters. The second kappa shape index (κ2) is 5.95. The first-order valence-corrected chi connectivity index (χ1v) is 8.86. The summed E-state index contributed by atoms with van der Waals surface area (Å²) in [6.07, 6.45) is 3.76. The van der Waals surface area contributed by atoms with Crippen molar-refractivity contribution in [2.75, 3.05) is 30.4 Å². The highest BCUT2D eigenvalue weighted by atomic mass is 32.2. The number of benzene rings is 1. The normalized spacial score (nSPS) is 14.3. The van der Waals surface area contributed by atoms with Gasteiger partial charge in [-0.2, -0.15) is 11.8 Å². The molecule has 0 bridgehead atoms. The molecule has 0 atom stereocenters. The van der Waals surface area contributed by atoms with E-state index < -0.39 is 10.0 Å². The zero-order chi connectivity index (χ0) is 13.0. The van der Waals surface area contributed by atoms with Crippen LogP contribution in [0, 0.1) is 0 Å². The van der Waals surface area contributed by atoms with Crippen LogP contribution in [-0.4, -0.2) is 33.5 Å². The second-order valence-electron chi connectivity index (χ2n) is 4.24. The minimum absolute atomic E-state index is 0.370. The largest absolute Gasteiger partial charge is 0.384 e. The maximum absolute atomic E-state index is 12.1. The molecule has 0 spiro atoms. The molecule has 4 nitrogen and oxygen atoms in total. The van der Waals surface area contributed by atoms with E-state index >= 15 is 0 Å². The molecular weight excluding hydrogens is 268 g/mol.